The fraction of sp³-hybridized carbons (Fsp3) is 0.333. The molecule has 5 rings (SSSR count). The van der Waals surface area contributed by atoms with Gasteiger partial charge in [-0.1, -0.05) is 30.3 Å². The van der Waals surface area contributed by atoms with Gasteiger partial charge in [-0.15, -0.1) is 0 Å². The Morgan fingerprint density at radius 3 is 2.37 bits per heavy atom. The van der Waals surface area contributed by atoms with E-state index in [-0.39, 0.29) is 6.03 Å². The molecule has 1 N–H and O–H groups in total. The minimum atomic E-state index is 0.175. The number of carbonyl (C=O) groups is 1. The molecule has 3 aromatic rings. The second kappa shape index (κ2) is 7.86. The molecule has 6 heteroatoms. The Bertz CT molecular complexity index is 980. The summed E-state index contributed by atoms with van der Waals surface area (Å²) in [5, 5.41) is 0. The van der Waals surface area contributed by atoms with E-state index in [9.17, 15) is 4.79 Å². The van der Waals surface area contributed by atoms with Gasteiger partial charge < -0.3 is 19.7 Å². The van der Waals surface area contributed by atoms with Crippen molar-refractivity contribution in [1.29, 1.82) is 0 Å². The highest BCUT2D eigenvalue weighted by atomic mass is 16.2. The number of benzene rings is 2. The first-order valence-corrected chi connectivity index (χ1v) is 10.6. The van der Waals surface area contributed by atoms with Crippen molar-refractivity contribution in [2.24, 2.45) is 0 Å². The van der Waals surface area contributed by atoms with E-state index in [1.807, 2.05) is 22.1 Å². The third kappa shape index (κ3) is 3.54. The molecule has 2 saturated heterocycles. The van der Waals surface area contributed by atoms with E-state index in [4.69, 9.17) is 0 Å². The van der Waals surface area contributed by atoms with E-state index in [1.54, 1.807) is 6.33 Å². The third-order valence-electron chi connectivity index (χ3n) is 6.47. The maximum absolute atomic E-state index is 12.8. The molecule has 3 heterocycles. The second-order valence-corrected chi connectivity index (χ2v) is 8.31. The van der Waals surface area contributed by atoms with Gasteiger partial charge in [-0.3, -0.25) is 0 Å². The van der Waals surface area contributed by atoms with Crippen LogP contribution in [0, 0.1) is 0 Å². The van der Waals surface area contributed by atoms with Crippen LogP contribution in [0.25, 0.3) is 0 Å². The predicted molar refractivity (Wildman–Crippen MR) is 118 cm³/mol. The molecule has 30 heavy (non-hydrogen) atoms. The average Bonchev–Trinajstić information content (AvgIpc) is 3.45. The lowest BCUT2D eigenvalue weighted by Gasteiger charge is -2.41. The van der Waals surface area contributed by atoms with Crippen molar-refractivity contribution < 1.29 is 4.79 Å². The Hall–Kier alpha value is -3.28. The molecule has 0 saturated carbocycles. The Balaban J connectivity index is 1.15. The van der Waals surface area contributed by atoms with Gasteiger partial charge in [0, 0.05) is 68.3 Å². The number of carbonyl (C=O) groups excluding carboxylic acids is 1. The summed E-state index contributed by atoms with van der Waals surface area (Å²) in [6.45, 7) is 3.21. The number of hydrogen-bond acceptors (Lipinski definition) is 3. The molecule has 0 radical (unpaired) electrons. The van der Waals surface area contributed by atoms with Crippen LogP contribution in [-0.2, 0) is 0 Å². The summed E-state index contributed by atoms with van der Waals surface area (Å²) in [6.07, 6.45) is 4.58. The lowest BCUT2D eigenvalue weighted by molar-refractivity contribution is 0.121. The Morgan fingerprint density at radius 1 is 0.967 bits per heavy atom. The topological polar surface area (TPSA) is 55.5 Å². The van der Waals surface area contributed by atoms with Gasteiger partial charge in [0.1, 0.15) is 0 Å². The first-order chi connectivity index (χ1) is 14.7. The number of para-hydroxylation sites is 1. The lowest BCUT2D eigenvalue weighted by atomic mass is 9.91. The Labute approximate surface area is 177 Å². The largest absolute Gasteiger partial charge is 0.348 e. The highest BCUT2D eigenvalue weighted by Crippen LogP contribution is 2.32. The predicted octanol–water partition coefficient (Wildman–Crippen LogP) is 4.19. The van der Waals surface area contributed by atoms with Crippen molar-refractivity contribution in [2.45, 2.75) is 18.3 Å². The maximum atomic E-state index is 12.8. The number of aromatic nitrogens is 2. The molecule has 0 aliphatic carbocycles. The van der Waals surface area contributed by atoms with Crippen LogP contribution in [0.3, 0.4) is 0 Å². The molecular formula is C24H27N5O. The van der Waals surface area contributed by atoms with Crippen molar-refractivity contribution >= 4 is 17.4 Å². The molecule has 2 amide bonds. The number of amides is 2. The van der Waals surface area contributed by atoms with Crippen LogP contribution in [0.1, 0.15) is 29.5 Å². The number of anilines is 2. The van der Waals surface area contributed by atoms with Crippen molar-refractivity contribution in [1.82, 2.24) is 19.8 Å². The fourth-order valence-electron chi connectivity index (χ4n) is 4.49. The van der Waals surface area contributed by atoms with Gasteiger partial charge in [0.05, 0.1) is 6.33 Å². The van der Waals surface area contributed by atoms with Crippen LogP contribution in [-0.4, -0.2) is 59.0 Å². The maximum Gasteiger partial charge on any atom is 0.320 e. The van der Waals surface area contributed by atoms with Crippen molar-refractivity contribution in [2.75, 3.05) is 38.1 Å². The number of aromatic amines is 1. The van der Waals surface area contributed by atoms with Gasteiger partial charge in [-0.25, -0.2) is 9.78 Å². The van der Waals surface area contributed by atoms with Gasteiger partial charge in [0.25, 0.3) is 0 Å². The number of urea groups is 1. The lowest BCUT2D eigenvalue weighted by Crippen LogP contribution is -2.53. The minimum absolute atomic E-state index is 0.175. The molecule has 0 spiro atoms. The van der Waals surface area contributed by atoms with Gasteiger partial charge in [-0.05, 0) is 36.2 Å². The van der Waals surface area contributed by atoms with Gasteiger partial charge in [0.2, 0.25) is 0 Å². The molecule has 2 aliphatic heterocycles. The highest BCUT2D eigenvalue weighted by molar-refractivity contribution is 5.76. The van der Waals surface area contributed by atoms with Crippen LogP contribution < -0.4 is 4.90 Å². The van der Waals surface area contributed by atoms with Crippen LogP contribution >= 0.6 is 0 Å². The molecule has 1 atom stereocenters. The first-order valence-electron chi connectivity index (χ1n) is 10.6. The van der Waals surface area contributed by atoms with Crippen molar-refractivity contribution in [3.8, 4) is 0 Å². The number of H-pyrrole nitrogens is 1. The molecule has 1 aromatic heterocycles. The van der Waals surface area contributed by atoms with E-state index in [1.165, 1.54) is 16.9 Å². The number of rotatable bonds is 4. The fourth-order valence-corrected chi connectivity index (χ4v) is 4.49. The number of hydrogen-bond donors (Lipinski definition) is 1. The van der Waals surface area contributed by atoms with E-state index in [0.29, 0.717) is 11.8 Å². The molecule has 2 fully saturated rings. The summed E-state index contributed by atoms with van der Waals surface area (Å²) in [4.78, 5) is 26.3. The zero-order chi connectivity index (χ0) is 20.5. The second-order valence-electron chi connectivity index (χ2n) is 8.31. The molecule has 0 bridgehead atoms. The summed E-state index contributed by atoms with van der Waals surface area (Å²) in [7, 11) is 2.08. The molecule has 2 aromatic carbocycles. The third-order valence-corrected chi connectivity index (χ3v) is 6.47. The SMILES string of the molecule is CN(c1ccccc1)c1ccc(C2CN(C(=O)N3CC[C@H](c4cnc[nH]4)C3)C2)cc1. The normalized spacial score (nSPS) is 19.0. The van der Waals surface area contributed by atoms with Crippen LogP contribution in [0.2, 0.25) is 0 Å². The highest BCUT2D eigenvalue weighted by Gasteiger charge is 2.37. The summed E-state index contributed by atoms with van der Waals surface area (Å²) >= 11 is 0. The standard InChI is InChI=1S/C24H27N5O/c1-27(21-5-3-2-4-6-21)22-9-7-18(8-10-22)20-15-29(16-20)24(30)28-12-11-19(14-28)23-13-25-17-26-23/h2-10,13,17,19-20H,11-12,14-16H2,1H3,(H,25,26)/t19-/m0/s1. The summed E-state index contributed by atoms with van der Waals surface area (Å²) < 4.78 is 0. The zero-order valence-corrected chi connectivity index (χ0v) is 17.2. The number of nitrogens with one attached hydrogen (secondary N) is 1. The summed E-state index contributed by atoms with van der Waals surface area (Å²) in [5.41, 5.74) is 4.78. The van der Waals surface area contributed by atoms with Crippen molar-refractivity contribution in [3.05, 3.63) is 78.4 Å². The molecule has 0 unspecified atom stereocenters. The Morgan fingerprint density at radius 2 is 1.67 bits per heavy atom. The van der Waals surface area contributed by atoms with Crippen LogP contribution in [0.5, 0.6) is 0 Å². The number of nitrogens with zero attached hydrogens (tertiary/aromatic N) is 4. The van der Waals surface area contributed by atoms with Gasteiger partial charge >= 0.3 is 6.03 Å². The molecule has 2 aliphatic rings. The van der Waals surface area contributed by atoms with Crippen LogP contribution in [0.15, 0.2) is 67.1 Å². The molecular weight excluding hydrogens is 374 g/mol. The quantitative estimate of drug-likeness (QED) is 0.713. The average molecular weight is 402 g/mol. The first kappa shape index (κ1) is 18.7. The zero-order valence-electron chi connectivity index (χ0n) is 17.2. The summed E-state index contributed by atoms with van der Waals surface area (Å²) in [6, 6.07) is 19.3. The van der Waals surface area contributed by atoms with E-state index >= 15 is 0 Å². The minimum Gasteiger partial charge on any atom is -0.348 e. The molecule has 6 nitrogen and oxygen atoms in total. The number of likely N-dealkylation sites (tertiary alicyclic amines) is 2. The van der Waals surface area contributed by atoms with E-state index < -0.39 is 0 Å². The summed E-state index contributed by atoms with van der Waals surface area (Å²) in [5.74, 6) is 0.804. The van der Waals surface area contributed by atoms with E-state index in [2.05, 4.69) is 70.4 Å². The van der Waals surface area contributed by atoms with Crippen LogP contribution in [0.4, 0.5) is 16.2 Å². The van der Waals surface area contributed by atoms with Gasteiger partial charge in [-0.2, -0.15) is 0 Å². The smallest absolute Gasteiger partial charge is 0.320 e. The van der Waals surface area contributed by atoms with Gasteiger partial charge in [0.15, 0.2) is 0 Å². The van der Waals surface area contributed by atoms with Crippen molar-refractivity contribution in [3.63, 3.8) is 0 Å². The molecule has 154 valence electrons. The van der Waals surface area contributed by atoms with E-state index in [0.717, 1.165) is 38.3 Å². The monoisotopic (exact) mass is 401 g/mol. The number of imidazole rings is 1. The Kier molecular flexibility index (Phi) is 4.91.